The van der Waals surface area contributed by atoms with Gasteiger partial charge in [-0.3, -0.25) is 9.59 Å². The minimum absolute atomic E-state index is 0. The molecule has 0 aliphatic carbocycles. The number of carbonyl (C=O) groups is 2. The van der Waals surface area contributed by atoms with Gasteiger partial charge in [0.25, 0.3) is 0 Å². The third-order valence-electron chi connectivity index (χ3n) is 1.43. The van der Waals surface area contributed by atoms with Crippen LogP contribution in [0.3, 0.4) is 0 Å². The summed E-state index contributed by atoms with van der Waals surface area (Å²) in [5, 5.41) is 0. The number of ether oxygens (including phenoxy) is 1. The van der Waals surface area contributed by atoms with Crippen molar-refractivity contribution in [1.82, 2.24) is 0 Å². The van der Waals surface area contributed by atoms with Crippen LogP contribution in [0, 0.1) is 5.92 Å². The molecule has 1 rings (SSSR count). The summed E-state index contributed by atoms with van der Waals surface area (Å²) in [6.45, 7) is 1.82. The van der Waals surface area contributed by atoms with Crippen LogP contribution in [0.25, 0.3) is 0 Å². The number of hydrogen-bond donors (Lipinski definition) is 0. The van der Waals surface area contributed by atoms with Crippen molar-refractivity contribution in [2.45, 2.75) is 13.3 Å². The fourth-order valence-electron chi connectivity index (χ4n) is 0.865. The van der Waals surface area contributed by atoms with Crippen LogP contribution in [-0.4, -0.2) is 47.9 Å². The van der Waals surface area contributed by atoms with Gasteiger partial charge < -0.3 is 4.74 Å². The zero-order chi connectivity index (χ0) is 6.85. The van der Waals surface area contributed by atoms with E-state index in [0.29, 0.717) is 13.0 Å². The Hall–Kier alpha value is 0.140. The summed E-state index contributed by atoms with van der Waals surface area (Å²) < 4.78 is 4.57. The van der Waals surface area contributed by atoms with Crippen LogP contribution in [-0.2, 0) is 14.3 Å². The number of carbonyl (C=O) groups excluding carboxylic acids is 2. The minimum Gasteiger partial charge on any atom is -0.465 e. The molecule has 4 heteroatoms. The molecule has 10 heavy (non-hydrogen) atoms. The molecule has 0 bridgehead atoms. The zero-order valence-electron chi connectivity index (χ0n) is 6.22. The summed E-state index contributed by atoms with van der Waals surface area (Å²) >= 11 is 0. The topological polar surface area (TPSA) is 43.4 Å². The number of rotatable bonds is 1. The first-order valence-electron chi connectivity index (χ1n) is 2.89. The molecule has 0 spiro atoms. The first kappa shape index (κ1) is 10.1. The third-order valence-corrected chi connectivity index (χ3v) is 1.43. The quantitative estimate of drug-likeness (QED) is 0.295. The molecule has 1 aliphatic rings. The van der Waals surface area contributed by atoms with E-state index in [9.17, 15) is 9.59 Å². The second-order valence-corrected chi connectivity index (χ2v) is 2.12. The number of cyclic esters (lactones) is 1. The molecule has 1 atom stereocenters. The predicted molar refractivity (Wildman–Crippen MR) is 35.5 cm³/mol. The van der Waals surface area contributed by atoms with Crippen LogP contribution in [0.15, 0.2) is 0 Å². The molecular formula is C6H8NaO3. The average Bonchev–Trinajstić information content (AvgIpc) is 2.13. The van der Waals surface area contributed by atoms with Crippen LogP contribution in [0.1, 0.15) is 13.3 Å². The largest absolute Gasteiger partial charge is 0.465 e. The van der Waals surface area contributed by atoms with E-state index in [-0.39, 0.29) is 41.3 Å². The molecular weight excluding hydrogens is 143 g/mol. The molecule has 0 N–H and O–H groups in total. The standard InChI is InChI=1S/C6H8O3.Na/c1-4(7)5-2-3-9-6(5)8;/h5H,2-3H2,1H3;. The van der Waals surface area contributed by atoms with Crippen molar-refractivity contribution < 1.29 is 14.3 Å². The summed E-state index contributed by atoms with van der Waals surface area (Å²) in [7, 11) is 0. The van der Waals surface area contributed by atoms with E-state index in [1.54, 1.807) is 0 Å². The van der Waals surface area contributed by atoms with Gasteiger partial charge in [0.05, 0.1) is 6.61 Å². The smallest absolute Gasteiger partial charge is 0.316 e. The van der Waals surface area contributed by atoms with E-state index in [0.717, 1.165) is 0 Å². The van der Waals surface area contributed by atoms with Gasteiger partial charge in [-0.2, -0.15) is 0 Å². The summed E-state index contributed by atoms with van der Waals surface area (Å²) in [5.41, 5.74) is 0. The van der Waals surface area contributed by atoms with Crippen molar-refractivity contribution in [3.63, 3.8) is 0 Å². The normalized spacial score (nSPS) is 23.3. The van der Waals surface area contributed by atoms with Gasteiger partial charge in [0.15, 0.2) is 0 Å². The van der Waals surface area contributed by atoms with Gasteiger partial charge in [-0.05, 0) is 6.92 Å². The van der Waals surface area contributed by atoms with Gasteiger partial charge in [0, 0.05) is 36.0 Å². The van der Waals surface area contributed by atoms with E-state index in [4.69, 9.17) is 0 Å². The third kappa shape index (κ3) is 2.08. The van der Waals surface area contributed by atoms with Crippen LogP contribution in [0.5, 0.6) is 0 Å². The summed E-state index contributed by atoms with van der Waals surface area (Å²) in [6.07, 6.45) is 0.564. The fraction of sp³-hybridized carbons (Fsp3) is 0.667. The summed E-state index contributed by atoms with van der Waals surface area (Å²) in [5.74, 6) is -0.912. The number of ketones is 1. The fourth-order valence-corrected chi connectivity index (χ4v) is 0.865. The molecule has 0 aromatic carbocycles. The first-order valence-corrected chi connectivity index (χ1v) is 2.89. The maximum Gasteiger partial charge on any atom is 0.316 e. The Morgan fingerprint density at radius 3 is 2.50 bits per heavy atom. The molecule has 0 amide bonds. The van der Waals surface area contributed by atoms with Gasteiger partial charge in [-0.1, -0.05) is 0 Å². The molecule has 1 heterocycles. The van der Waals surface area contributed by atoms with Crippen molar-refractivity contribution in [3.05, 3.63) is 0 Å². The van der Waals surface area contributed by atoms with E-state index < -0.39 is 5.92 Å². The number of Topliss-reactive ketones (excluding diaryl/α,β-unsaturated/α-hetero) is 1. The molecule has 0 aromatic heterocycles. The van der Waals surface area contributed by atoms with Gasteiger partial charge in [-0.15, -0.1) is 0 Å². The Labute approximate surface area is 81.4 Å². The van der Waals surface area contributed by atoms with Gasteiger partial charge in [0.1, 0.15) is 11.7 Å². The molecule has 1 saturated heterocycles. The number of hydrogen-bond acceptors (Lipinski definition) is 3. The zero-order valence-corrected chi connectivity index (χ0v) is 8.22. The van der Waals surface area contributed by atoms with Crippen molar-refractivity contribution in [2.75, 3.05) is 6.61 Å². The Morgan fingerprint density at radius 2 is 2.30 bits per heavy atom. The van der Waals surface area contributed by atoms with E-state index >= 15 is 0 Å². The van der Waals surface area contributed by atoms with Crippen molar-refractivity contribution in [2.24, 2.45) is 5.92 Å². The Balaban J connectivity index is 0.000000810. The van der Waals surface area contributed by atoms with Crippen molar-refractivity contribution in [3.8, 4) is 0 Å². The monoisotopic (exact) mass is 151 g/mol. The Bertz CT molecular complexity index is 155. The van der Waals surface area contributed by atoms with Crippen molar-refractivity contribution in [1.29, 1.82) is 0 Å². The molecule has 1 fully saturated rings. The van der Waals surface area contributed by atoms with Crippen LogP contribution in [0.4, 0.5) is 0 Å². The van der Waals surface area contributed by atoms with Gasteiger partial charge in [-0.25, -0.2) is 0 Å². The summed E-state index contributed by atoms with van der Waals surface area (Å²) in [4.78, 5) is 21.1. The Morgan fingerprint density at radius 1 is 1.70 bits per heavy atom. The molecule has 3 nitrogen and oxygen atoms in total. The number of esters is 1. The minimum atomic E-state index is -0.468. The second-order valence-electron chi connectivity index (χ2n) is 2.12. The first-order chi connectivity index (χ1) is 4.22. The van der Waals surface area contributed by atoms with Crippen LogP contribution >= 0.6 is 0 Å². The molecule has 1 aliphatic heterocycles. The maximum atomic E-state index is 10.6. The molecule has 1 radical (unpaired) electrons. The SMILES string of the molecule is CC(=O)C1CCOC1=O.[Na]. The van der Waals surface area contributed by atoms with E-state index in [1.807, 2.05) is 0 Å². The molecule has 0 aromatic rings. The van der Waals surface area contributed by atoms with E-state index in [1.165, 1.54) is 6.92 Å². The summed E-state index contributed by atoms with van der Waals surface area (Å²) in [6, 6.07) is 0. The average molecular weight is 151 g/mol. The maximum absolute atomic E-state index is 10.6. The Kier molecular flexibility index (Phi) is 4.17. The molecule has 0 saturated carbocycles. The predicted octanol–water partition coefficient (Wildman–Crippen LogP) is -0.242. The van der Waals surface area contributed by atoms with Gasteiger partial charge >= 0.3 is 5.97 Å². The van der Waals surface area contributed by atoms with Crippen molar-refractivity contribution >= 4 is 41.3 Å². The van der Waals surface area contributed by atoms with Gasteiger partial charge in [0.2, 0.25) is 0 Å². The second kappa shape index (κ2) is 4.11. The van der Waals surface area contributed by atoms with Crippen LogP contribution < -0.4 is 0 Å². The molecule has 51 valence electrons. The van der Waals surface area contributed by atoms with E-state index in [2.05, 4.69) is 4.74 Å². The molecule has 1 unspecified atom stereocenters. The van der Waals surface area contributed by atoms with Crippen LogP contribution in [0.2, 0.25) is 0 Å².